The molecule has 1 aliphatic rings. The molecule has 0 heterocycles. The zero-order chi connectivity index (χ0) is 13.8. The SMILES string of the molecule is CC1=C(/C=C/C(=C\CO)C(=O)O)C(C)(C)CCC1. The Morgan fingerprint density at radius 2 is 2.11 bits per heavy atom. The molecule has 0 saturated carbocycles. The second-order valence-electron chi connectivity index (χ2n) is 5.41. The molecule has 0 spiro atoms. The van der Waals surface area contributed by atoms with Gasteiger partial charge in [-0.25, -0.2) is 4.79 Å². The first-order valence-corrected chi connectivity index (χ1v) is 6.31. The van der Waals surface area contributed by atoms with E-state index in [-0.39, 0.29) is 17.6 Å². The number of rotatable bonds is 4. The van der Waals surface area contributed by atoms with Gasteiger partial charge in [-0.3, -0.25) is 0 Å². The van der Waals surface area contributed by atoms with E-state index < -0.39 is 5.97 Å². The molecular formula is C15H22O3. The minimum absolute atomic E-state index is 0.0989. The number of aliphatic carboxylic acids is 1. The minimum atomic E-state index is -1.01. The van der Waals surface area contributed by atoms with Gasteiger partial charge in [-0.15, -0.1) is 0 Å². The third-order valence-electron chi connectivity index (χ3n) is 3.53. The first-order chi connectivity index (χ1) is 8.38. The molecule has 0 aromatic rings. The van der Waals surface area contributed by atoms with Crippen LogP contribution in [0.5, 0.6) is 0 Å². The number of allylic oxidation sites excluding steroid dienone is 3. The predicted molar refractivity (Wildman–Crippen MR) is 72.3 cm³/mol. The number of carboxylic acid groups (broad SMARTS) is 1. The van der Waals surface area contributed by atoms with Crippen molar-refractivity contribution in [2.75, 3.05) is 6.61 Å². The lowest BCUT2D eigenvalue weighted by molar-refractivity contribution is -0.132. The normalized spacial score (nSPS) is 20.6. The van der Waals surface area contributed by atoms with Gasteiger partial charge in [-0.2, -0.15) is 0 Å². The molecule has 100 valence electrons. The Morgan fingerprint density at radius 3 is 2.61 bits per heavy atom. The molecule has 2 N–H and O–H groups in total. The summed E-state index contributed by atoms with van der Waals surface area (Å²) < 4.78 is 0. The van der Waals surface area contributed by atoms with Crippen LogP contribution in [0.2, 0.25) is 0 Å². The van der Waals surface area contributed by atoms with Gasteiger partial charge >= 0.3 is 5.97 Å². The second kappa shape index (κ2) is 6.01. The fraction of sp³-hybridized carbons (Fsp3) is 0.533. The van der Waals surface area contributed by atoms with Gasteiger partial charge in [0.1, 0.15) is 0 Å². The Kier molecular flexibility index (Phi) is 4.91. The highest BCUT2D eigenvalue weighted by molar-refractivity contribution is 5.89. The summed E-state index contributed by atoms with van der Waals surface area (Å²) in [6, 6.07) is 0. The summed E-state index contributed by atoms with van der Waals surface area (Å²) in [6.07, 6.45) is 8.18. The van der Waals surface area contributed by atoms with Crippen molar-refractivity contribution < 1.29 is 15.0 Å². The number of carbonyl (C=O) groups is 1. The van der Waals surface area contributed by atoms with Crippen molar-refractivity contribution in [3.63, 3.8) is 0 Å². The van der Waals surface area contributed by atoms with Gasteiger partial charge in [0.25, 0.3) is 0 Å². The Balaban J connectivity index is 3.01. The Bertz CT molecular complexity index is 411. The molecule has 3 heteroatoms. The summed E-state index contributed by atoms with van der Waals surface area (Å²) in [7, 11) is 0. The molecule has 0 amide bonds. The van der Waals surface area contributed by atoms with E-state index in [2.05, 4.69) is 20.8 Å². The summed E-state index contributed by atoms with van der Waals surface area (Å²) in [5.41, 5.74) is 2.79. The lowest BCUT2D eigenvalue weighted by atomic mass is 9.72. The molecule has 0 aromatic carbocycles. The van der Waals surface area contributed by atoms with E-state index in [1.54, 1.807) is 6.08 Å². The second-order valence-corrected chi connectivity index (χ2v) is 5.41. The van der Waals surface area contributed by atoms with Crippen LogP contribution in [0.15, 0.2) is 34.9 Å². The van der Waals surface area contributed by atoms with Crippen molar-refractivity contribution in [2.24, 2.45) is 5.41 Å². The van der Waals surface area contributed by atoms with E-state index in [1.165, 1.54) is 23.6 Å². The number of aliphatic hydroxyl groups is 1. The third kappa shape index (κ3) is 3.57. The van der Waals surface area contributed by atoms with Gasteiger partial charge in [0, 0.05) is 0 Å². The Labute approximate surface area is 109 Å². The third-order valence-corrected chi connectivity index (χ3v) is 3.53. The lowest BCUT2D eigenvalue weighted by Gasteiger charge is -2.32. The number of carboxylic acids is 1. The minimum Gasteiger partial charge on any atom is -0.478 e. The Hall–Kier alpha value is -1.35. The first kappa shape index (κ1) is 14.7. The molecule has 0 radical (unpaired) electrons. The van der Waals surface area contributed by atoms with Crippen LogP contribution in [0.1, 0.15) is 40.0 Å². The van der Waals surface area contributed by atoms with E-state index in [9.17, 15) is 4.79 Å². The molecule has 0 saturated heterocycles. The van der Waals surface area contributed by atoms with Crippen LogP contribution >= 0.6 is 0 Å². The summed E-state index contributed by atoms with van der Waals surface area (Å²) in [5, 5.41) is 17.8. The largest absolute Gasteiger partial charge is 0.478 e. The molecule has 0 aliphatic heterocycles. The van der Waals surface area contributed by atoms with E-state index in [0.717, 1.165) is 12.8 Å². The van der Waals surface area contributed by atoms with Gasteiger partial charge in [-0.1, -0.05) is 25.5 Å². The molecule has 0 fully saturated rings. The van der Waals surface area contributed by atoms with Crippen LogP contribution in [0, 0.1) is 5.41 Å². The monoisotopic (exact) mass is 250 g/mol. The zero-order valence-corrected chi connectivity index (χ0v) is 11.4. The van der Waals surface area contributed by atoms with Gasteiger partial charge in [0.15, 0.2) is 0 Å². The average Bonchev–Trinajstić information content (AvgIpc) is 2.25. The molecule has 0 bridgehead atoms. The molecule has 1 aliphatic carbocycles. The number of aliphatic hydroxyl groups excluding tert-OH is 1. The van der Waals surface area contributed by atoms with Crippen LogP contribution in [0.25, 0.3) is 0 Å². The highest BCUT2D eigenvalue weighted by atomic mass is 16.4. The van der Waals surface area contributed by atoms with Crippen molar-refractivity contribution in [1.82, 2.24) is 0 Å². The van der Waals surface area contributed by atoms with Crippen molar-refractivity contribution in [3.05, 3.63) is 34.9 Å². The van der Waals surface area contributed by atoms with Gasteiger partial charge < -0.3 is 10.2 Å². The van der Waals surface area contributed by atoms with Crippen molar-refractivity contribution >= 4 is 5.97 Å². The number of hydrogen-bond acceptors (Lipinski definition) is 2. The molecule has 0 aromatic heterocycles. The van der Waals surface area contributed by atoms with Crippen LogP contribution in [-0.4, -0.2) is 22.8 Å². The smallest absolute Gasteiger partial charge is 0.335 e. The van der Waals surface area contributed by atoms with Gasteiger partial charge in [0.2, 0.25) is 0 Å². The van der Waals surface area contributed by atoms with Crippen molar-refractivity contribution in [3.8, 4) is 0 Å². The maximum atomic E-state index is 11.0. The topological polar surface area (TPSA) is 57.5 Å². The van der Waals surface area contributed by atoms with E-state index in [0.29, 0.717) is 0 Å². The van der Waals surface area contributed by atoms with Crippen LogP contribution in [0.3, 0.4) is 0 Å². The summed E-state index contributed by atoms with van der Waals surface area (Å²) in [4.78, 5) is 11.0. The van der Waals surface area contributed by atoms with Crippen LogP contribution in [-0.2, 0) is 4.79 Å². The van der Waals surface area contributed by atoms with E-state index >= 15 is 0 Å². The highest BCUT2D eigenvalue weighted by Crippen LogP contribution is 2.40. The zero-order valence-electron chi connectivity index (χ0n) is 11.4. The fourth-order valence-corrected chi connectivity index (χ4v) is 2.51. The molecule has 3 nitrogen and oxygen atoms in total. The standard InChI is InChI=1S/C15H22O3/c1-11-5-4-9-15(2,3)13(11)7-6-12(8-10-16)14(17)18/h6-8,16H,4-5,9-10H2,1-3H3,(H,17,18)/b7-6+,12-8+. The summed E-state index contributed by atoms with van der Waals surface area (Å²) >= 11 is 0. The highest BCUT2D eigenvalue weighted by Gasteiger charge is 2.26. The van der Waals surface area contributed by atoms with Crippen molar-refractivity contribution in [1.29, 1.82) is 0 Å². The first-order valence-electron chi connectivity index (χ1n) is 6.31. The van der Waals surface area contributed by atoms with Crippen LogP contribution < -0.4 is 0 Å². The maximum absolute atomic E-state index is 11.0. The molecular weight excluding hydrogens is 228 g/mol. The van der Waals surface area contributed by atoms with E-state index in [4.69, 9.17) is 10.2 Å². The molecule has 0 unspecified atom stereocenters. The van der Waals surface area contributed by atoms with Crippen molar-refractivity contribution in [2.45, 2.75) is 40.0 Å². The van der Waals surface area contributed by atoms with Gasteiger partial charge in [-0.05, 0) is 49.3 Å². The summed E-state index contributed by atoms with van der Waals surface area (Å²) in [6.45, 7) is 6.22. The number of hydrogen-bond donors (Lipinski definition) is 2. The predicted octanol–water partition coefficient (Wildman–Crippen LogP) is 3.07. The molecule has 0 atom stereocenters. The molecule has 18 heavy (non-hydrogen) atoms. The van der Waals surface area contributed by atoms with E-state index in [1.807, 2.05) is 6.08 Å². The van der Waals surface area contributed by atoms with Crippen LogP contribution in [0.4, 0.5) is 0 Å². The average molecular weight is 250 g/mol. The Morgan fingerprint density at radius 1 is 1.44 bits per heavy atom. The van der Waals surface area contributed by atoms with Gasteiger partial charge in [0.05, 0.1) is 12.2 Å². The quantitative estimate of drug-likeness (QED) is 0.595. The lowest BCUT2D eigenvalue weighted by Crippen LogP contribution is -2.19. The fourth-order valence-electron chi connectivity index (χ4n) is 2.51. The maximum Gasteiger partial charge on any atom is 0.335 e. The summed E-state index contributed by atoms with van der Waals surface area (Å²) in [5.74, 6) is -1.01. The molecule has 1 rings (SSSR count).